The number of hydrogen-bond acceptors (Lipinski definition) is 4. The fourth-order valence-electron chi connectivity index (χ4n) is 2.11. The summed E-state index contributed by atoms with van der Waals surface area (Å²) in [4.78, 5) is 22.4. The molecule has 5 heteroatoms. The topological polar surface area (TPSA) is 72.1 Å². The fraction of sp³-hybridized carbons (Fsp3) is 0.267. The molecular formula is C15H16N4O. The van der Waals surface area contributed by atoms with Crippen molar-refractivity contribution in [2.45, 2.75) is 12.8 Å². The van der Waals surface area contributed by atoms with Gasteiger partial charge in [-0.15, -0.1) is 0 Å². The number of para-hydroxylation sites is 1. The highest BCUT2D eigenvalue weighted by molar-refractivity contribution is 6.07. The Bertz CT molecular complexity index is 610. The normalized spacial score (nSPS) is 14.0. The molecule has 0 atom stereocenters. The standard InChI is InChI=1S/C15H16N4O/c16-14-13(17-8-9-18-14)15(20)19(10-11-6-7-11)12-4-2-1-3-5-12/h1-5,8-9,11H,6-7,10H2,(H2,16,18). The van der Waals surface area contributed by atoms with E-state index in [1.165, 1.54) is 25.2 Å². The van der Waals surface area contributed by atoms with E-state index in [1.54, 1.807) is 4.90 Å². The molecule has 1 amide bonds. The fourth-order valence-corrected chi connectivity index (χ4v) is 2.11. The lowest BCUT2D eigenvalue weighted by atomic mass is 10.2. The second-order valence-electron chi connectivity index (χ2n) is 4.98. The number of carbonyl (C=O) groups excluding carboxylic acids is 1. The summed E-state index contributed by atoms with van der Waals surface area (Å²) in [5.41, 5.74) is 6.85. The molecule has 0 unspecified atom stereocenters. The largest absolute Gasteiger partial charge is 0.382 e. The second-order valence-corrected chi connectivity index (χ2v) is 4.98. The Morgan fingerprint density at radius 2 is 1.90 bits per heavy atom. The van der Waals surface area contributed by atoms with E-state index in [-0.39, 0.29) is 17.4 Å². The summed E-state index contributed by atoms with van der Waals surface area (Å²) < 4.78 is 0. The molecule has 1 saturated carbocycles. The molecule has 0 spiro atoms. The molecule has 102 valence electrons. The number of rotatable bonds is 4. The van der Waals surface area contributed by atoms with E-state index in [0.717, 1.165) is 5.69 Å². The zero-order chi connectivity index (χ0) is 13.9. The molecule has 0 saturated heterocycles. The number of benzene rings is 1. The molecule has 0 aliphatic heterocycles. The Kier molecular flexibility index (Phi) is 3.33. The number of aromatic nitrogens is 2. The van der Waals surface area contributed by atoms with Crippen molar-refractivity contribution in [1.29, 1.82) is 0 Å². The van der Waals surface area contributed by atoms with E-state index in [0.29, 0.717) is 12.5 Å². The zero-order valence-electron chi connectivity index (χ0n) is 11.1. The minimum atomic E-state index is -0.186. The average Bonchev–Trinajstić information content (AvgIpc) is 3.30. The molecule has 1 aliphatic rings. The van der Waals surface area contributed by atoms with Gasteiger partial charge in [-0.3, -0.25) is 4.79 Å². The van der Waals surface area contributed by atoms with Crippen LogP contribution in [0.5, 0.6) is 0 Å². The van der Waals surface area contributed by atoms with Crippen molar-refractivity contribution in [2.75, 3.05) is 17.2 Å². The number of nitrogen functional groups attached to an aromatic ring is 1. The van der Waals surface area contributed by atoms with Crippen molar-refractivity contribution in [3.05, 3.63) is 48.4 Å². The Balaban J connectivity index is 1.93. The van der Waals surface area contributed by atoms with Crippen LogP contribution in [0.1, 0.15) is 23.3 Å². The van der Waals surface area contributed by atoms with Crippen LogP contribution >= 0.6 is 0 Å². The number of nitrogens with zero attached hydrogens (tertiary/aromatic N) is 3. The molecule has 1 aromatic heterocycles. The van der Waals surface area contributed by atoms with Gasteiger partial charge in [0.1, 0.15) is 0 Å². The Morgan fingerprint density at radius 1 is 1.20 bits per heavy atom. The molecule has 0 radical (unpaired) electrons. The summed E-state index contributed by atoms with van der Waals surface area (Å²) in [6.07, 6.45) is 5.32. The molecular weight excluding hydrogens is 252 g/mol. The summed E-state index contributed by atoms with van der Waals surface area (Å²) >= 11 is 0. The first-order chi connectivity index (χ1) is 9.75. The molecule has 1 fully saturated rings. The maximum Gasteiger partial charge on any atom is 0.280 e. The lowest BCUT2D eigenvalue weighted by Crippen LogP contribution is -2.34. The van der Waals surface area contributed by atoms with Gasteiger partial charge in [0.2, 0.25) is 0 Å². The number of anilines is 2. The highest BCUT2D eigenvalue weighted by Crippen LogP contribution is 2.32. The summed E-state index contributed by atoms with van der Waals surface area (Å²) in [6.45, 7) is 0.707. The Labute approximate surface area is 117 Å². The monoisotopic (exact) mass is 268 g/mol. The first-order valence-corrected chi connectivity index (χ1v) is 6.69. The Morgan fingerprint density at radius 3 is 2.55 bits per heavy atom. The summed E-state index contributed by atoms with van der Waals surface area (Å²) in [5, 5.41) is 0. The van der Waals surface area contributed by atoms with E-state index in [2.05, 4.69) is 9.97 Å². The molecule has 1 aliphatic carbocycles. The summed E-state index contributed by atoms with van der Waals surface area (Å²) in [5.74, 6) is 0.569. The van der Waals surface area contributed by atoms with Crippen LogP contribution in [0.4, 0.5) is 11.5 Å². The van der Waals surface area contributed by atoms with Gasteiger partial charge in [0, 0.05) is 24.6 Å². The van der Waals surface area contributed by atoms with Gasteiger partial charge in [0.15, 0.2) is 11.5 Å². The van der Waals surface area contributed by atoms with E-state index >= 15 is 0 Å². The molecule has 0 bridgehead atoms. The zero-order valence-corrected chi connectivity index (χ0v) is 11.1. The van der Waals surface area contributed by atoms with Gasteiger partial charge in [-0.25, -0.2) is 9.97 Å². The van der Waals surface area contributed by atoms with Crippen molar-refractivity contribution in [2.24, 2.45) is 5.92 Å². The predicted molar refractivity (Wildman–Crippen MR) is 77.3 cm³/mol. The van der Waals surface area contributed by atoms with Gasteiger partial charge < -0.3 is 10.6 Å². The second kappa shape index (κ2) is 5.28. The van der Waals surface area contributed by atoms with Crippen LogP contribution in [0.3, 0.4) is 0 Å². The van der Waals surface area contributed by atoms with E-state index in [4.69, 9.17) is 5.73 Å². The van der Waals surface area contributed by atoms with Crippen LogP contribution in [0.25, 0.3) is 0 Å². The van der Waals surface area contributed by atoms with Crippen molar-refractivity contribution in [1.82, 2.24) is 9.97 Å². The number of carbonyl (C=O) groups is 1. The van der Waals surface area contributed by atoms with Crippen LogP contribution in [-0.2, 0) is 0 Å². The molecule has 1 aromatic carbocycles. The quantitative estimate of drug-likeness (QED) is 0.921. The van der Waals surface area contributed by atoms with Crippen LogP contribution in [0.15, 0.2) is 42.7 Å². The lowest BCUT2D eigenvalue weighted by molar-refractivity contribution is 0.0981. The first-order valence-electron chi connectivity index (χ1n) is 6.69. The maximum atomic E-state index is 12.7. The minimum Gasteiger partial charge on any atom is -0.382 e. The van der Waals surface area contributed by atoms with E-state index in [1.807, 2.05) is 30.3 Å². The lowest BCUT2D eigenvalue weighted by Gasteiger charge is -2.22. The van der Waals surface area contributed by atoms with Gasteiger partial charge >= 0.3 is 0 Å². The van der Waals surface area contributed by atoms with E-state index in [9.17, 15) is 4.79 Å². The van der Waals surface area contributed by atoms with Gasteiger partial charge in [0.25, 0.3) is 5.91 Å². The molecule has 1 heterocycles. The summed E-state index contributed by atoms with van der Waals surface area (Å²) in [6, 6.07) is 9.62. The van der Waals surface area contributed by atoms with Gasteiger partial charge in [-0.05, 0) is 30.9 Å². The Hall–Kier alpha value is -2.43. The van der Waals surface area contributed by atoms with Crippen molar-refractivity contribution in [3.63, 3.8) is 0 Å². The number of amides is 1. The summed E-state index contributed by atoms with van der Waals surface area (Å²) in [7, 11) is 0. The first kappa shape index (κ1) is 12.6. The van der Waals surface area contributed by atoms with Crippen LogP contribution < -0.4 is 10.6 Å². The number of hydrogen-bond donors (Lipinski definition) is 1. The number of nitrogens with two attached hydrogens (primary N) is 1. The molecule has 2 N–H and O–H groups in total. The third-order valence-electron chi connectivity index (χ3n) is 3.38. The van der Waals surface area contributed by atoms with Crippen LogP contribution in [-0.4, -0.2) is 22.4 Å². The van der Waals surface area contributed by atoms with Crippen LogP contribution in [0, 0.1) is 5.92 Å². The highest BCUT2D eigenvalue weighted by atomic mass is 16.2. The van der Waals surface area contributed by atoms with Crippen molar-refractivity contribution >= 4 is 17.4 Å². The van der Waals surface area contributed by atoms with Gasteiger partial charge in [-0.2, -0.15) is 0 Å². The highest BCUT2D eigenvalue weighted by Gasteiger charge is 2.29. The molecule has 5 nitrogen and oxygen atoms in total. The predicted octanol–water partition coefficient (Wildman–Crippen LogP) is 2.12. The third kappa shape index (κ3) is 2.61. The smallest absolute Gasteiger partial charge is 0.280 e. The van der Waals surface area contributed by atoms with E-state index < -0.39 is 0 Å². The van der Waals surface area contributed by atoms with Crippen molar-refractivity contribution in [3.8, 4) is 0 Å². The van der Waals surface area contributed by atoms with Gasteiger partial charge in [0.05, 0.1) is 0 Å². The average molecular weight is 268 g/mol. The maximum absolute atomic E-state index is 12.7. The minimum absolute atomic E-state index is 0.175. The van der Waals surface area contributed by atoms with Crippen LogP contribution in [0.2, 0.25) is 0 Å². The third-order valence-corrected chi connectivity index (χ3v) is 3.38. The van der Waals surface area contributed by atoms with Gasteiger partial charge in [-0.1, -0.05) is 18.2 Å². The molecule has 20 heavy (non-hydrogen) atoms. The SMILES string of the molecule is Nc1nccnc1C(=O)N(CC1CC1)c1ccccc1. The molecule has 2 aromatic rings. The van der Waals surface area contributed by atoms with Crippen molar-refractivity contribution < 1.29 is 4.79 Å². The molecule has 3 rings (SSSR count).